The Morgan fingerprint density at radius 1 is 1.07 bits per heavy atom. The van der Waals surface area contributed by atoms with Gasteiger partial charge in [-0.3, -0.25) is 9.59 Å². The van der Waals surface area contributed by atoms with Crippen LogP contribution in [0.4, 0.5) is 5.69 Å². The summed E-state index contributed by atoms with van der Waals surface area (Å²) in [5.41, 5.74) is 0.0279. The summed E-state index contributed by atoms with van der Waals surface area (Å²) >= 11 is 0. The third-order valence-electron chi connectivity index (χ3n) is 3.88. The number of ether oxygens (including phenoxy) is 3. The molecule has 0 aliphatic carbocycles. The standard InChI is InChI=1S/C18H18N4O5/c1-25-13-6-4-11-8-20-22(18(24)16(11)17(13)27-3)10-14(23)21-12-5-7-15(26-2)19-9-12/h4-9H,10H2,1-3H3,(H,21,23). The zero-order chi connectivity index (χ0) is 19.4. The van der Waals surface area contributed by atoms with Crippen molar-refractivity contribution in [3.05, 3.63) is 47.0 Å². The lowest BCUT2D eigenvalue weighted by atomic mass is 10.1. The van der Waals surface area contributed by atoms with Crippen LogP contribution in [0, 0.1) is 0 Å². The molecule has 0 aliphatic rings. The van der Waals surface area contributed by atoms with E-state index in [-0.39, 0.29) is 6.54 Å². The highest BCUT2D eigenvalue weighted by molar-refractivity contribution is 5.91. The van der Waals surface area contributed by atoms with Crippen LogP contribution in [-0.2, 0) is 11.3 Å². The second-order valence-electron chi connectivity index (χ2n) is 5.51. The Morgan fingerprint density at radius 3 is 2.52 bits per heavy atom. The number of fused-ring (bicyclic) bond motifs is 1. The van der Waals surface area contributed by atoms with Crippen LogP contribution in [0.1, 0.15) is 0 Å². The maximum Gasteiger partial charge on any atom is 0.279 e. The van der Waals surface area contributed by atoms with Crippen molar-refractivity contribution in [1.82, 2.24) is 14.8 Å². The summed E-state index contributed by atoms with van der Waals surface area (Å²) in [4.78, 5) is 29.1. The molecular formula is C18H18N4O5. The fourth-order valence-corrected chi connectivity index (χ4v) is 2.61. The molecule has 0 radical (unpaired) electrons. The summed E-state index contributed by atoms with van der Waals surface area (Å²) < 4.78 is 16.6. The molecule has 0 saturated carbocycles. The van der Waals surface area contributed by atoms with Gasteiger partial charge in [0.25, 0.3) is 5.56 Å². The van der Waals surface area contributed by atoms with Gasteiger partial charge in [0, 0.05) is 11.5 Å². The molecule has 27 heavy (non-hydrogen) atoms. The first-order chi connectivity index (χ1) is 13.1. The molecule has 140 valence electrons. The number of nitrogens with one attached hydrogen (secondary N) is 1. The van der Waals surface area contributed by atoms with E-state index >= 15 is 0 Å². The number of carbonyl (C=O) groups is 1. The summed E-state index contributed by atoms with van der Waals surface area (Å²) in [5, 5.41) is 7.60. The van der Waals surface area contributed by atoms with Gasteiger partial charge in [-0.1, -0.05) is 0 Å². The van der Waals surface area contributed by atoms with Gasteiger partial charge in [-0.15, -0.1) is 0 Å². The molecule has 3 rings (SSSR count). The van der Waals surface area contributed by atoms with Crippen molar-refractivity contribution in [3.63, 3.8) is 0 Å². The van der Waals surface area contributed by atoms with E-state index in [4.69, 9.17) is 14.2 Å². The van der Waals surface area contributed by atoms with Crippen LogP contribution in [-0.4, -0.2) is 42.0 Å². The van der Waals surface area contributed by atoms with Gasteiger partial charge in [0.1, 0.15) is 6.54 Å². The lowest BCUT2D eigenvalue weighted by molar-refractivity contribution is -0.117. The second-order valence-corrected chi connectivity index (χ2v) is 5.51. The van der Waals surface area contributed by atoms with Crippen molar-refractivity contribution in [2.24, 2.45) is 0 Å². The maximum atomic E-state index is 12.8. The quantitative estimate of drug-likeness (QED) is 0.700. The smallest absolute Gasteiger partial charge is 0.279 e. The number of methoxy groups -OCH3 is 3. The van der Waals surface area contributed by atoms with Crippen molar-refractivity contribution < 1.29 is 19.0 Å². The molecular weight excluding hydrogens is 352 g/mol. The van der Waals surface area contributed by atoms with Crippen molar-refractivity contribution in [2.45, 2.75) is 6.54 Å². The Hall–Kier alpha value is -3.62. The van der Waals surface area contributed by atoms with Gasteiger partial charge in [-0.25, -0.2) is 9.67 Å². The summed E-state index contributed by atoms with van der Waals surface area (Å²) in [5.74, 6) is 0.740. The Balaban J connectivity index is 1.89. The van der Waals surface area contributed by atoms with E-state index in [1.807, 2.05) is 0 Å². The average molecular weight is 370 g/mol. The van der Waals surface area contributed by atoms with Crippen LogP contribution in [0.3, 0.4) is 0 Å². The van der Waals surface area contributed by atoms with Crippen molar-refractivity contribution in [2.75, 3.05) is 26.6 Å². The first-order valence-corrected chi connectivity index (χ1v) is 7.98. The average Bonchev–Trinajstić information content (AvgIpc) is 2.69. The Bertz CT molecular complexity index is 1030. The SMILES string of the molecule is COc1ccc(NC(=O)Cn2ncc3ccc(OC)c(OC)c3c2=O)cn1. The van der Waals surface area contributed by atoms with Gasteiger partial charge in [0.05, 0.1) is 44.8 Å². The highest BCUT2D eigenvalue weighted by atomic mass is 16.5. The lowest BCUT2D eigenvalue weighted by Gasteiger charge is -2.12. The first kappa shape index (κ1) is 18.2. The van der Waals surface area contributed by atoms with Gasteiger partial charge in [0.15, 0.2) is 11.5 Å². The summed E-state index contributed by atoms with van der Waals surface area (Å²) in [6, 6.07) is 6.66. The highest BCUT2D eigenvalue weighted by Gasteiger charge is 2.16. The van der Waals surface area contributed by atoms with Crippen LogP contribution in [0.15, 0.2) is 41.5 Å². The Morgan fingerprint density at radius 2 is 1.89 bits per heavy atom. The summed E-state index contributed by atoms with van der Waals surface area (Å²) in [7, 11) is 4.44. The van der Waals surface area contributed by atoms with Crippen LogP contribution < -0.4 is 25.1 Å². The fourth-order valence-electron chi connectivity index (χ4n) is 2.61. The normalized spacial score (nSPS) is 10.5. The van der Waals surface area contributed by atoms with Gasteiger partial charge in [-0.05, 0) is 18.2 Å². The van der Waals surface area contributed by atoms with Crippen molar-refractivity contribution in [1.29, 1.82) is 0 Å². The minimum Gasteiger partial charge on any atom is -0.493 e. The molecule has 3 aromatic rings. The van der Waals surface area contributed by atoms with E-state index in [1.54, 1.807) is 24.3 Å². The van der Waals surface area contributed by atoms with Gasteiger partial charge in [-0.2, -0.15) is 5.10 Å². The maximum absolute atomic E-state index is 12.8. The fraction of sp³-hybridized carbons (Fsp3) is 0.222. The molecule has 1 aromatic carbocycles. The zero-order valence-corrected chi connectivity index (χ0v) is 15.1. The molecule has 0 aliphatic heterocycles. The summed E-state index contributed by atoms with van der Waals surface area (Å²) in [6.45, 7) is -0.263. The molecule has 1 N–H and O–H groups in total. The summed E-state index contributed by atoms with van der Waals surface area (Å²) in [6.07, 6.45) is 2.96. The zero-order valence-electron chi connectivity index (χ0n) is 15.1. The Labute approximate surface area is 154 Å². The monoisotopic (exact) mass is 370 g/mol. The number of pyridine rings is 1. The number of anilines is 1. The topological polar surface area (TPSA) is 105 Å². The predicted octanol–water partition coefficient (Wildman–Crippen LogP) is 1.46. The van der Waals surface area contributed by atoms with E-state index in [1.165, 1.54) is 33.7 Å². The molecule has 9 nitrogen and oxygen atoms in total. The highest BCUT2D eigenvalue weighted by Crippen LogP contribution is 2.32. The number of benzene rings is 1. The molecule has 0 unspecified atom stereocenters. The van der Waals surface area contributed by atoms with Crippen molar-refractivity contribution >= 4 is 22.4 Å². The van der Waals surface area contributed by atoms with E-state index in [9.17, 15) is 9.59 Å². The minimum atomic E-state index is -0.453. The van der Waals surface area contributed by atoms with Crippen LogP contribution in [0.25, 0.3) is 10.8 Å². The number of hydrogen-bond acceptors (Lipinski definition) is 7. The van der Waals surface area contributed by atoms with E-state index in [0.717, 1.165) is 4.68 Å². The number of aromatic nitrogens is 3. The number of nitrogens with zero attached hydrogens (tertiary/aromatic N) is 3. The first-order valence-electron chi connectivity index (χ1n) is 7.98. The largest absolute Gasteiger partial charge is 0.493 e. The number of amides is 1. The van der Waals surface area contributed by atoms with Gasteiger partial charge >= 0.3 is 0 Å². The predicted molar refractivity (Wildman–Crippen MR) is 98.5 cm³/mol. The molecule has 9 heteroatoms. The molecule has 0 bridgehead atoms. The lowest BCUT2D eigenvalue weighted by Crippen LogP contribution is -2.29. The molecule has 1 amide bonds. The molecule has 0 saturated heterocycles. The van der Waals surface area contributed by atoms with Crippen LogP contribution in [0.5, 0.6) is 17.4 Å². The Kier molecular flexibility index (Phi) is 5.20. The number of rotatable bonds is 6. The van der Waals surface area contributed by atoms with Crippen LogP contribution >= 0.6 is 0 Å². The number of carbonyl (C=O) groups excluding carboxylic acids is 1. The van der Waals surface area contributed by atoms with Crippen molar-refractivity contribution in [3.8, 4) is 17.4 Å². The molecule has 0 atom stereocenters. The molecule has 2 heterocycles. The van der Waals surface area contributed by atoms with E-state index in [0.29, 0.717) is 33.8 Å². The third-order valence-corrected chi connectivity index (χ3v) is 3.88. The molecule has 0 fully saturated rings. The second kappa shape index (κ2) is 7.73. The van der Waals surface area contributed by atoms with E-state index < -0.39 is 11.5 Å². The number of hydrogen-bond donors (Lipinski definition) is 1. The van der Waals surface area contributed by atoms with E-state index in [2.05, 4.69) is 15.4 Å². The third kappa shape index (κ3) is 3.66. The molecule has 0 spiro atoms. The van der Waals surface area contributed by atoms with Gasteiger partial charge in [0.2, 0.25) is 11.8 Å². The van der Waals surface area contributed by atoms with Crippen LogP contribution in [0.2, 0.25) is 0 Å². The minimum absolute atomic E-state index is 0.263. The molecule has 2 aromatic heterocycles. The van der Waals surface area contributed by atoms with Gasteiger partial charge < -0.3 is 19.5 Å².